The number of hydrogen-bond donors (Lipinski definition) is 1. The van der Waals surface area contributed by atoms with E-state index in [-0.39, 0.29) is 5.91 Å². The SMILES string of the molecule is COc1cc(C(=O)NCCc2ccc(-n3cccn3)cc2)ccc1OCCC(C)C. The number of amides is 1. The van der Waals surface area contributed by atoms with E-state index in [1.54, 1.807) is 31.5 Å². The zero-order chi connectivity index (χ0) is 21.3. The smallest absolute Gasteiger partial charge is 0.251 e. The molecule has 2 aromatic carbocycles. The summed E-state index contributed by atoms with van der Waals surface area (Å²) in [5.41, 5.74) is 2.71. The molecule has 3 rings (SSSR count). The summed E-state index contributed by atoms with van der Waals surface area (Å²) in [7, 11) is 1.58. The first-order valence-corrected chi connectivity index (χ1v) is 10.2. The molecule has 6 nitrogen and oxygen atoms in total. The van der Waals surface area contributed by atoms with Crippen molar-refractivity contribution in [2.24, 2.45) is 5.92 Å². The fraction of sp³-hybridized carbons (Fsp3) is 0.333. The summed E-state index contributed by atoms with van der Waals surface area (Å²) < 4.78 is 13.0. The Balaban J connectivity index is 1.51. The normalized spacial score (nSPS) is 10.8. The molecule has 0 spiro atoms. The van der Waals surface area contributed by atoms with Gasteiger partial charge in [0.15, 0.2) is 11.5 Å². The number of benzene rings is 2. The third-order valence-electron chi connectivity index (χ3n) is 4.78. The van der Waals surface area contributed by atoms with Crippen molar-refractivity contribution in [1.29, 1.82) is 0 Å². The van der Waals surface area contributed by atoms with Gasteiger partial charge in [-0.1, -0.05) is 26.0 Å². The van der Waals surface area contributed by atoms with Crippen molar-refractivity contribution in [3.8, 4) is 17.2 Å². The molecular formula is C24H29N3O3. The van der Waals surface area contributed by atoms with E-state index in [9.17, 15) is 4.79 Å². The second kappa shape index (κ2) is 10.5. The van der Waals surface area contributed by atoms with Gasteiger partial charge in [-0.3, -0.25) is 4.79 Å². The highest BCUT2D eigenvalue weighted by Gasteiger charge is 2.11. The first-order chi connectivity index (χ1) is 14.6. The zero-order valence-corrected chi connectivity index (χ0v) is 17.8. The Labute approximate surface area is 177 Å². The largest absolute Gasteiger partial charge is 0.493 e. The minimum Gasteiger partial charge on any atom is -0.493 e. The molecule has 30 heavy (non-hydrogen) atoms. The van der Waals surface area contributed by atoms with Crippen molar-refractivity contribution in [2.75, 3.05) is 20.3 Å². The van der Waals surface area contributed by atoms with Crippen LogP contribution in [0.3, 0.4) is 0 Å². The molecule has 0 bridgehead atoms. The monoisotopic (exact) mass is 407 g/mol. The van der Waals surface area contributed by atoms with Gasteiger partial charge in [0.25, 0.3) is 5.91 Å². The number of carbonyl (C=O) groups excluding carboxylic acids is 1. The Kier molecular flexibility index (Phi) is 7.49. The van der Waals surface area contributed by atoms with Crippen LogP contribution in [0.15, 0.2) is 60.9 Å². The Bertz CT molecular complexity index is 935. The van der Waals surface area contributed by atoms with Crippen LogP contribution in [-0.2, 0) is 6.42 Å². The second-order valence-corrected chi connectivity index (χ2v) is 7.52. The number of methoxy groups -OCH3 is 1. The standard InChI is InChI=1S/C24H29N3O3/c1-18(2)12-16-30-22-10-7-20(17-23(22)29-3)24(28)25-14-11-19-5-8-21(9-6-19)27-15-4-13-26-27/h4-10,13,15,17-18H,11-12,14,16H2,1-3H3,(H,25,28). The lowest BCUT2D eigenvalue weighted by Gasteiger charge is -2.13. The molecule has 6 heteroatoms. The molecule has 0 saturated heterocycles. The van der Waals surface area contributed by atoms with Gasteiger partial charge in [0.05, 0.1) is 19.4 Å². The van der Waals surface area contributed by atoms with Gasteiger partial charge in [0.1, 0.15) is 0 Å². The lowest BCUT2D eigenvalue weighted by molar-refractivity contribution is 0.0953. The van der Waals surface area contributed by atoms with E-state index >= 15 is 0 Å². The van der Waals surface area contributed by atoms with Crippen LogP contribution < -0.4 is 14.8 Å². The molecule has 0 aliphatic carbocycles. The van der Waals surface area contributed by atoms with Gasteiger partial charge >= 0.3 is 0 Å². The third-order valence-corrected chi connectivity index (χ3v) is 4.78. The molecule has 0 saturated carbocycles. The molecule has 1 heterocycles. The Morgan fingerprint density at radius 3 is 2.60 bits per heavy atom. The lowest BCUT2D eigenvalue weighted by Crippen LogP contribution is -2.25. The molecule has 1 N–H and O–H groups in total. The maximum Gasteiger partial charge on any atom is 0.251 e. The van der Waals surface area contributed by atoms with E-state index in [0.29, 0.717) is 36.1 Å². The number of rotatable bonds is 10. The highest BCUT2D eigenvalue weighted by atomic mass is 16.5. The van der Waals surface area contributed by atoms with E-state index < -0.39 is 0 Å². The van der Waals surface area contributed by atoms with E-state index in [1.165, 1.54) is 0 Å². The Morgan fingerprint density at radius 1 is 1.13 bits per heavy atom. The minimum atomic E-state index is -0.129. The minimum absolute atomic E-state index is 0.129. The van der Waals surface area contributed by atoms with E-state index in [4.69, 9.17) is 9.47 Å². The maximum absolute atomic E-state index is 12.5. The number of carbonyl (C=O) groups is 1. The van der Waals surface area contributed by atoms with Gasteiger partial charge in [-0.15, -0.1) is 0 Å². The molecular weight excluding hydrogens is 378 g/mol. The van der Waals surface area contributed by atoms with E-state index in [0.717, 1.165) is 24.1 Å². The Morgan fingerprint density at radius 2 is 1.93 bits per heavy atom. The fourth-order valence-corrected chi connectivity index (χ4v) is 2.99. The van der Waals surface area contributed by atoms with Crippen molar-refractivity contribution in [2.45, 2.75) is 26.7 Å². The van der Waals surface area contributed by atoms with Crippen LogP contribution in [0, 0.1) is 5.92 Å². The zero-order valence-electron chi connectivity index (χ0n) is 17.8. The quantitative estimate of drug-likeness (QED) is 0.545. The number of nitrogens with zero attached hydrogens (tertiary/aromatic N) is 2. The molecule has 0 aliphatic rings. The first kappa shape index (κ1) is 21.4. The average molecular weight is 408 g/mol. The van der Waals surface area contributed by atoms with E-state index in [2.05, 4.69) is 36.4 Å². The van der Waals surface area contributed by atoms with Gasteiger partial charge < -0.3 is 14.8 Å². The molecule has 0 radical (unpaired) electrons. The fourth-order valence-electron chi connectivity index (χ4n) is 2.99. The molecule has 0 unspecified atom stereocenters. The van der Waals surface area contributed by atoms with Crippen molar-refractivity contribution >= 4 is 5.91 Å². The van der Waals surface area contributed by atoms with Crippen LogP contribution in [0.1, 0.15) is 36.2 Å². The number of nitrogens with one attached hydrogen (secondary N) is 1. The highest BCUT2D eigenvalue weighted by molar-refractivity contribution is 5.94. The predicted molar refractivity (Wildman–Crippen MR) is 118 cm³/mol. The van der Waals surface area contributed by atoms with Gasteiger partial charge in [-0.25, -0.2) is 4.68 Å². The van der Waals surface area contributed by atoms with Crippen molar-refractivity contribution in [1.82, 2.24) is 15.1 Å². The summed E-state index contributed by atoms with van der Waals surface area (Å²) in [6.45, 7) is 5.48. The topological polar surface area (TPSA) is 65.4 Å². The van der Waals surface area contributed by atoms with Crippen LogP contribution in [0.5, 0.6) is 11.5 Å². The summed E-state index contributed by atoms with van der Waals surface area (Å²) >= 11 is 0. The van der Waals surface area contributed by atoms with Gasteiger partial charge in [0.2, 0.25) is 0 Å². The van der Waals surface area contributed by atoms with Gasteiger partial charge in [0, 0.05) is 24.5 Å². The summed E-state index contributed by atoms with van der Waals surface area (Å²) in [5, 5.41) is 7.19. The molecule has 0 atom stereocenters. The first-order valence-electron chi connectivity index (χ1n) is 10.2. The summed E-state index contributed by atoms with van der Waals surface area (Å²) in [6, 6.07) is 15.3. The maximum atomic E-state index is 12.5. The van der Waals surface area contributed by atoms with Gasteiger partial charge in [-0.2, -0.15) is 5.10 Å². The van der Waals surface area contributed by atoms with E-state index in [1.807, 2.05) is 29.1 Å². The molecule has 0 fully saturated rings. The molecule has 1 aromatic heterocycles. The second-order valence-electron chi connectivity index (χ2n) is 7.52. The Hall–Kier alpha value is -3.28. The van der Waals surface area contributed by atoms with Crippen molar-refractivity contribution < 1.29 is 14.3 Å². The highest BCUT2D eigenvalue weighted by Crippen LogP contribution is 2.28. The number of hydrogen-bond acceptors (Lipinski definition) is 4. The van der Waals surface area contributed by atoms with Crippen LogP contribution >= 0.6 is 0 Å². The lowest BCUT2D eigenvalue weighted by atomic mass is 10.1. The van der Waals surface area contributed by atoms with Crippen LogP contribution in [-0.4, -0.2) is 35.9 Å². The predicted octanol–water partition coefficient (Wildman–Crippen LogP) is 4.28. The molecule has 158 valence electrons. The average Bonchev–Trinajstić information content (AvgIpc) is 3.29. The van der Waals surface area contributed by atoms with Crippen LogP contribution in [0.4, 0.5) is 0 Å². The number of aromatic nitrogens is 2. The summed E-state index contributed by atoms with van der Waals surface area (Å²) in [4.78, 5) is 12.5. The molecule has 1 amide bonds. The summed E-state index contributed by atoms with van der Waals surface area (Å²) in [5.74, 6) is 1.67. The summed E-state index contributed by atoms with van der Waals surface area (Å²) in [6.07, 6.45) is 5.37. The van der Waals surface area contributed by atoms with Crippen molar-refractivity contribution in [3.05, 3.63) is 72.1 Å². The molecule has 3 aromatic rings. The van der Waals surface area contributed by atoms with Crippen molar-refractivity contribution in [3.63, 3.8) is 0 Å². The molecule has 0 aliphatic heterocycles. The number of ether oxygens (including phenoxy) is 2. The van der Waals surface area contributed by atoms with Crippen LogP contribution in [0.2, 0.25) is 0 Å². The van der Waals surface area contributed by atoms with Crippen LogP contribution in [0.25, 0.3) is 5.69 Å². The van der Waals surface area contributed by atoms with Gasteiger partial charge in [-0.05, 0) is 60.7 Å². The third kappa shape index (κ3) is 5.86.